The van der Waals surface area contributed by atoms with Crippen molar-refractivity contribution < 1.29 is 14.3 Å². The first-order valence-corrected chi connectivity index (χ1v) is 7.84. The van der Waals surface area contributed by atoms with Crippen LogP contribution >= 0.6 is 0 Å². The fourth-order valence-electron chi connectivity index (χ4n) is 2.44. The van der Waals surface area contributed by atoms with E-state index in [2.05, 4.69) is 4.98 Å². The Morgan fingerprint density at radius 3 is 2.38 bits per heavy atom. The number of amides is 2. The van der Waals surface area contributed by atoms with Crippen LogP contribution in [0.5, 0.6) is 5.75 Å². The minimum absolute atomic E-state index is 0.0303. The summed E-state index contributed by atoms with van der Waals surface area (Å²) >= 11 is 0. The van der Waals surface area contributed by atoms with Crippen LogP contribution in [-0.2, 0) is 11.3 Å². The summed E-state index contributed by atoms with van der Waals surface area (Å²) in [5.74, 6) is -0.00353. The lowest BCUT2D eigenvalue weighted by molar-refractivity contribution is -0.134. The van der Waals surface area contributed by atoms with Gasteiger partial charge in [-0.2, -0.15) is 0 Å². The highest BCUT2D eigenvalue weighted by Crippen LogP contribution is 2.28. The molecule has 3 rings (SSSR count). The van der Waals surface area contributed by atoms with Crippen molar-refractivity contribution in [1.82, 2.24) is 9.88 Å². The Labute approximate surface area is 140 Å². The van der Waals surface area contributed by atoms with Crippen molar-refractivity contribution in [3.05, 3.63) is 59.9 Å². The minimum Gasteiger partial charge on any atom is -0.484 e. The molecule has 1 heterocycles. The van der Waals surface area contributed by atoms with Crippen LogP contribution in [0.4, 0.5) is 0 Å². The number of pyridine rings is 1. The van der Waals surface area contributed by atoms with Gasteiger partial charge in [0.2, 0.25) is 5.91 Å². The highest BCUT2D eigenvalue weighted by atomic mass is 16.5. The molecule has 2 aromatic rings. The monoisotopic (exact) mass is 325 g/mol. The average Bonchev–Trinajstić information content (AvgIpc) is 3.44. The third kappa shape index (κ3) is 4.10. The number of primary amides is 1. The van der Waals surface area contributed by atoms with Crippen LogP contribution in [0, 0.1) is 0 Å². The van der Waals surface area contributed by atoms with Gasteiger partial charge in [0, 0.05) is 30.5 Å². The summed E-state index contributed by atoms with van der Waals surface area (Å²) in [5, 5.41) is 0. The van der Waals surface area contributed by atoms with E-state index in [0.717, 1.165) is 18.4 Å². The van der Waals surface area contributed by atoms with Crippen molar-refractivity contribution in [1.29, 1.82) is 0 Å². The topological polar surface area (TPSA) is 85.5 Å². The van der Waals surface area contributed by atoms with E-state index in [9.17, 15) is 9.59 Å². The molecule has 0 atom stereocenters. The maximum absolute atomic E-state index is 12.5. The van der Waals surface area contributed by atoms with E-state index in [1.807, 2.05) is 17.0 Å². The Hall–Kier alpha value is -2.89. The Morgan fingerprint density at radius 1 is 1.12 bits per heavy atom. The summed E-state index contributed by atoms with van der Waals surface area (Å²) in [4.78, 5) is 29.4. The number of carbonyl (C=O) groups is 2. The maximum Gasteiger partial charge on any atom is 0.261 e. The van der Waals surface area contributed by atoms with Crippen LogP contribution in [-0.4, -0.2) is 34.3 Å². The SMILES string of the molecule is NC(=O)c1ccc(OCC(=O)N(Cc2ccncc2)C2CC2)cc1. The standard InChI is InChI=1S/C18H19N3O3/c19-18(23)14-1-5-16(6-2-14)24-12-17(22)21(15-3-4-15)11-13-7-9-20-10-8-13/h1-2,5-10,15H,3-4,11-12H2,(H2,19,23). The van der Waals surface area contributed by atoms with E-state index in [1.165, 1.54) is 0 Å². The van der Waals surface area contributed by atoms with E-state index in [4.69, 9.17) is 10.5 Å². The van der Waals surface area contributed by atoms with Gasteiger partial charge in [0.25, 0.3) is 5.91 Å². The van der Waals surface area contributed by atoms with Gasteiger partial charge < -0.3 is 15.4 Å². The molecule has 0 radical (unpaired) electrons. The number of ether oxygens (including phenoxy) is 1. The zero-order valence-electron chi connectivity index (χ0n) is 13.2. The molecule has 1 saturated carbocycles. The van der Waals surface area contributed by atoms with E-state index in [0.29, 0.717) is 23.9 Å². The quantitative estimate of drug-likeness (QED) is 0.840. The van der Waals surface area contributed by atoms with Gasteiger partial charge in [-0.15, -0.1) is 0 Å². The van der Waals surface area contributed by atoms with Gasteiger partial charge in [0.15, 0.2) is 6.61 Å². The first-order valence-electron chi connectivity index (χ1n) is 7.84. The zero-order valence-corrected chi connectivity index (χ0v) is 13.2. The second-order valence-corrected chi connectivity index (χ2v) is 5.79. The molecule has 24 heavy (non-hydrogen) atoms. The number of aromatic nitrogens is 1. The number of carbonyl (C=O) groups excluding carboxylic acids is 2. The summed E-state index contributed by atoms with van der Waals surface area (Å²) < 4.78 is 5.54. The summed E-state index contributed by atoms with van der Waals surface area (Å²) in [6, 6.07) is 10.6. The van der Waals surface area contributed by atoms with Crippen molar-refractivity contribution in [2.75, 3.05) is 6.61 Å². The lowest BCUT2D eigenvalue weighted by Gasteiger charge is -2.22. The van der Waals surface area contributed by atoms with Crippen molar-refractivity contribution in [2.24, 2.45) is 5.73 Å². The van der Waals surface area contributed by atoms with Crippen LogP contribution in [0.25, 0.3) is 0 Å². The predicted molar refractivity (Wildman–Crippen MR) is 88.3 cm³/mol. The smallest absolute Gasteiger partial charge is 0.261 e. The van der Waals surface area contributed by atoms with Gasteiger partial charge in [-0.25, -0.2) is 0 Å². The van der Waals surface area contributed by atoms with Crippen molar-refractivity contribution in [2.45, 2.75) is 25.4 Å². The summed E-state index contributed by atoms with van der Waals surface area (Å²) in [5.41, 5.74) is 6.65. The summed E-state index contributed by atoms with van der Waals surface area (Å²) in [7, 11) is 0. The van der Waals surface area contributed by atoms with Gasteiger partial charge in [-0.05, 0) is 54.8 Å². The Kier molecular flexibility index (Phi) is 4.74. The summed E-state index contributed by atoms with van der Waals surface area (Å²) in [6.45, 7) is 0.535. The number of rotatable bonds is 7. The van der Waals surface area contributed by atoms with Gasteiger partial charge in [-0.3, -0.25) is 14.6 Å². The molecule has 0 aliphatic heterocycles. The van der Waals surface area contributed by atoms with E-state index in [1.54, 1.807) is 36.7 Å². The van der Waals surface area contributed by atoms with Crippen LogP contribution in [0.15, 0.2) is 48.8 Å². The number of nitrogens with zero attached hydrogens (tertiary/aromatic N) is 2. The lowest BCUT2D eigenvalue weighted by Crippen LogP contribution is -2.36. The minimum atomic E-state index is -0.491. The molecule has 2 N–H and O–H groups in total. The molecular formula is C18H19N3O3. The second-order valence-electron chi connectivity index (χ2n) is 5.79. The molecule has 124 valence electrons. The molecule has 1 aliphatic carbocycles. The number of benzene rings is 1. The molecule has 6 nitrogen and oxygen atoms in total. The Balaban J connectivity index is 1.58. The molecule has 2 amide bonds. The third-order valence-corrected chi connectivity index (χ3v) is 3.91. The summed E-state index contributed by atoms with van der Waals surface area (Å²) in [6.07, 6.45) is 5.51. The first-order chi connectivity index (χ1) is 11.6. The number of hydrogen-bond acceptors (Lipinski definition) is 4. The van der Waals surface area contributed by atoms with Gasteiger partial charge in [0.05, 0.1) is 0 Å². The molecule has 0 saturated heterocycles. The maximum atomic E-state index is 12.5. The molecule has 0 unspecified atom stereocenters. The van der Waals surface area contributed by atoms with Crippen molar-refractivity contribution >= 4 is 11.8 Å². The first kappa shape index (κ1) is 16.0. The normalized spacial score (nSPS) is 13.3. The predicted octanol–water partition coefficient (Wildman–Crippen LogP) is 1.75. The third-order valence-electron chi connectivity index (χ3n) is 3.91. The second kappa shape index (κ2) is 7.12. The fraction of sp³-hybridized carbons (Fsp3) is 0.278. The van der Waals surface area contributed by atoms with Gasteiger partial charge in [-0.1, -0.05) is 0 Å². The van der Waals surface area contributed by atoms with Crippen LogP contribution in [0.1, 0.15) is 28.8 Å². The van der Waals surface area contributed by atoms with E-state index >= 15 is 0 Å². The molecular weight excluding hydrogens is 306 g/mol. The average molecular weight is 325 g/mol. The molecule has 0 spiro atoms. The van der Waals surface area contributed by atoms with Crippen molar-refractivity contribution in [3.63, 3.8) is 0 Å². The number of nitrogens with two attached hydrogens (primary N) is 1. The highest BCUT2D eigenvalue weighted by Gasteiger charge is 2.32. The van der Waals surface area contributed by atoms with Crippen molar-refractivity contribution in [3.8, 4) is 5.75 Å². The molecule has 1 aromatic heterocycles. The fourth-order valence-corrected chi connectivity index (χ4v) is 2.44. The van der Waals surface area contributed by atoms with E-state index < -0.39 is 5.91 Å². The molecule has 1 aromatic carbocycles. The van der Waals surface area contributed by atoms with Gasteiger partial charge in [0.1, 0.15) is 5.75 Å². The van der Waals surface area contributed by atoms with Crippen LogP contribution in [0.3, 0.4) is 0 Å². The van der Waals surface area contributed by atoms with Crippen LogP contribution < -0.4 is 10.5 Å². The molecule has 1 fully saturated rings. The van der Waals surface area contributed by atoms with E-state index in [-0.39, 0.29) is 12.5 Å². The Morgan fingerprint density at radius 2 is 1.79 bits per heavy atom. The largest absolute Gasteiger partial charge is 0.484 e. The van der Waals surface area contributed by atoms with Crippen LogP contribution in [0.2, 0.25) is 0 Å². The number of hydrogen-bond donors (Lipinski definition) is 1. The molecule has 6 heteroatoms. The molecule has 0 bridgehead atoms. The zero-order chi connectivity index (χ0) is 16.9. The lowest BCUT2D eigenvalue weighted by atomic mass is 10.2. The Bertz CT molecular complexity index is 712. The van der Waals surface area contributed by atoms with Gasteiger partial charge >= 0.3 is 0 Å². The molecule has 1 aliphatic rings. The highest BCUT2D eigenvalue weighted by molar-refractivity contribution is 5.92.